The zero-order valence-electron chi connectivity index (χ0n) is 13.8. The number of anilines is 1. The lowest BCUT2D eigenvalue weighted by atomic mass is 10.1. The van der Waals surface area contributed by atoms with Crippen LogP contribution in [0, 0.1) is 13.8 Å². The Hall–Kier alpha value is -2.31. The molecule has 7 heteroatoms. The highest BCUT2D eigenvalue weighted by Crippen LogP contribution is 2.26. The van der Waals surface area contributed by atoms with Crippen LogP contribution in [0.2, 0.25) is 5.02 Å². The third kappa shape index (κ3) is 4.61. The summed E-state index contributed by atoms with van der Waals surface area (Å²) in [6, 6.07) is 13.3. The number of hydrogen-bond acceptors (Lipinski definition) is 4. The predicted molar refractivity (Wildman–Crippen MR) is 102 cm³/mol. The van der Waals surface area contributed by atoms with Gasteiger partial charge in [-0.05, 0) is 49.2 Å². The van der Waals surface area contributed by atoms with Gasteiger partial charge in [0.05, 0.1) is 10.8 Å². The van der Waals surface area contributed by atoms with Crippen molar-refractivity contribution in [3.63, 3.8) is 0 Å². The van der Waals surface area contributed by atoms with Gasteiger partial charge in [-0.1, -0.05) is 41.6 Å². The van der Waals surface area contributed by atoms with Crippen LogP contribution in [-0.2, 0) is 4.79 Å². The third-order valence-electron chi connectivity index (χ3n) is 3.43. The Kier molecular flexibility index (Phi) is 5.40. The minimum atomic E-state index is -0.0981. The lowest BCUT2D eigenvalue weighted by Gasteiger charge is -2.06. The summed E-state index contributed by atoms with van der Waals surface area (Å²) in [5.74, 6) is 0.717. The van der Waals surface area contributed by atoms with Gasteiger partial charge < -0.3 is 5.32 Å². The number of amides is 1. The van der Waals surface area contributed by atoms with Crippen LogP contribution in [0.3, 0.4) is 0 Å². The molecule has 0 aliphatic carbocycles. The smallest absolute Gasteiger partial charge is 0.234 e. The molecule has 0 aliphatic heterocycles. The van der Waals surface area contributed by atoms with Crippen LogP contribution in [0.4, 0.5) is 5.69 Å². The summed E-state index contributed by atoms with van der Waals surface area (Å²) in [7, 11) is 0. The van der Waals surface area contributed by atoms with Crippen molar-refractivity contribution in [2.75, 3.05) is 11.1 Å². The first kappa shape index (κ1) is 17.5. The van der Waals surface area contributed by atoms with Gasteiger partial charge in [0.25, 0.3) is 0 Å². The number of thioether (sulfide) groups is 1. The van der Waals surface area contributed by atoms with Gasteiger partial charge in [-0.2, -0.15) is 0 Å². The number of halogens is 1. The molecule has 3 rings (SSSR count). The molecule has 0 fully saturated rings. The number of carbonyl (C=O) groups excluding carboxylic acids is 1. The summed E-state index contributed by atoms with van der Waals surface area (Å²) in [5.41, 5.74) is 3.81. The van der Waals surface area contributed by atoms with E-state index in [1.807, 2.05) is 44.2 Å². The van der Waals surface area contributed by atoms with E-state index in [9.17, 15) is 4.79 Å². The van der Waals surface area contributed by atoms with Crippen LogP contribution < -0.4 is 5.32 Å². The van der Waals surface area contributed by atoms with Crippen molar-refractivity contribution in [3.8, 4) is 11.4 Å². The first-order valence-corrected chi connectivity index (χ1v) is 9.06. The maximum atomic E-state index is 12.1. The Balaban J connectivity index is 1.60. The number of carbonyl (C=O) groups is 1. The van der Waals surface area contributed by atoms with Gasteiger partial charge in [0, 0.05) is 11.3 Å². The van der Waals surface area contributed by atoms with Gasteiger partial charge in [-0.15, -0.1) is 5.10 Å². The quantitative estimate of drug-likeness (QED) is 0.648. The Bertz CT molecular complexity index is 889. The monoisotopic (exact) mass is 372 g/mol. The van der Waals surface area contributed by atoms with Gasteiger partial charge in [0.1, 0.15) is 0 Å². The molecular weight excluding hydrogens is 356 g/mol. The molecule has 128 valence electrons. The molecule has 0 saturated heterocycles. The third-order valence-corrected chi connectivity index (χ3v) is 4.61. The predicted octanol–water partition coefficient (Wildman–Crippen LogP) is 4.47. The largest absolute Gasteiger partial charge is 0.325 e. The molecule has 0 saturated carbocycles. The van der Waals surface area contributed by atoms with Crippen LogP contribution in [0.5, 0.6) is 0 Å². The van der Waals surface area contributed by atoms with E-state index in [0.29, 0.717) is 16.0 Å². The van der Waals surface area contributed by atoms with E-state index in [2.05, 4.69) is 26.6 Å². The minimum Gasteiger partial charge on any atom is -0.325 e. The topological polar surface area (TPSA) is 70.7 Å². The van der Waals surface area contributed by atoms with Gasteiger partial charge in [0.2, 0.25) is 11.1 Å². The molecule has 0 spiro atoms. The van der Waals surface area contributed by atoms with E-state index in [4.69, 9.17) is 11.6 Å². The van der Waals surface area contributed by atoms with E-state index in [1.165, 1.54) is 11.8 Å². The van der Waals surface area contributed by atoms with Crippen molar-refractivity contribution in [3.05, 3.63) is 58.6 Å². The van der Waals surface area contributed by atoms with E-state index < -0.39 is 0 Å². The van der Waals surface area contributed by atoms with E-state index in [1.54, 1.807) is 6.07 Å². The van der Waals surface area contributed by atoms with Crippen LogP contribution in [-0.4, -0.2) is 26.8 Å². The normalized spacial score (nSPS) is 10.7. The van der Waals surface area contributed by atoms with E-state index in [0.717, 1.165) is 22.4 Å². The first-order valence-electron chi connectivity index (χ1n) is 7.69. The van der Waals surface area contributed by atoms with Gasteiger partial charge in [-0.3, -0.25) is 9.89 Å². The van der Waals surface area contributed by atoms with E-state index in [-0.39, 0.29) is 11.7 Å². The zero-order valence-corrected chi connectivity index (χ0v) is 15.4. The van der Waals surface area contributed by atoms with Gasteiger partial charge in [0.15, 0.2) is 5.82 Å². The average molecular weight is 373 g/mol. The van der Waals surface area contributed by atoms with E-state index >= 15 is 0 Å². The standard InChI is InChI=1S/C18H17ClN4OS/c1-11-7-12(2)9-13(8-11)20-16(24)10-25-18-21-17(22-23-18)14-5-3-4-6-15(14)19/h3-9H,10H2,1-2H3,(H,20,24)(H,21,22,23). The number of aryl methyl sites for hydroxylation is 2. The highest BCUT2D eigenvalue weighted by molar-refractivity contribution is 7.99. The molecule has 5 nitrogen and oxygen atoms in total. The lowest BCUT2D eigenvalue weighted by Crippen LogP contribution is -2.14. The molecule has 1 amide bonds. The molecule has 1 aromatic heterocycles. The fourth-order valence-corrected chi connectivity index (χ4v) is 3.28. The van der Waals surface area contributed by atoms with Crippen molar-refractivity contribution >= 4 is 35.0 Å². The SMILES string of the molecule is Cc1cc(C)cc(NC(=O)CSc2n[nH]c(-c3ccccc3Cl)n2)c1. The molecule has 25 heavy (non-hydrogen) atoms. The van der Waals surface area contributed by atoms with Crippen molar-refractivity contribution < 1.29 is 4.79 Å². The van der Waals surface area contributed by atoms with Crippen molar-refractivity contribution in [1.29, 1.82) is 0 Å². The van der Waals surface area contributed by atoms with Crippen molar-refractivity contribution in [2.24, 2.45) is 0 Å². The molecule has 2 aromatic carbocycles. The molecule has 0 bridgehead atoms. The molecule has 3 aromatic rings. The van der Waals surface area contributed by atoms with Crippen molar-refractivity contribution in [2.45, 2.75) is 19.0 Å². The molecule has 0 atom stereocenters. The molecule has 0 radical (unpaired) electrons. The molecule has 0 unspecified atom stereocenters. The van der Waals surface area contributed by atoms with Crippen LogP contribution in [0.25, 0.3) is 11.4 Å². The van der Waals surface area contributed by atoms with Crippen LogP contribution in [0.15, 0.2) is 47.6 Å². The second-order valence-electron chi connectivity index (χ2n) is 5.66. The second kappa shape index (κ2) is 7.72. The number of benzene rings is 2. The summed E-state index contributed by atoms with van der Waals surface area (Å²) < 4.78 is 0. The highest BCUT2D eigenvalue weighted by atomic mass is 35.5. The summed E-state index contributed by atoms with van der Waals surface area (Å²) in [6.45, 7) is 4.00. The van der Waals surface area contributed by atoms with Crippen molar-refractivity contribution in [1.82, 2.24) is 15.2 Å². The lowest BCUT2D eigenvalue weighted by molar-refractivity contribution is -0.113. The number of nitrogens with zero attached hydrogens (tertiary/aromatic N) is 2. The fourth-order valence-electron chi connectivity index (χ4n) is 2.46. The summed E-state index contributed by atoms with van der Waals surface area (Å²) in [5, 5.41) is 11.0. The molecule has 1 heterocycles. The summed E-state index contributed by atoms with van der Waals surface area (Å²) in [4.78, 5) is 16.5. The first-order chi connectivity index (χ1) is 12.0. The number of aromatic amines is 1. The molecule has 0 aliphatic rings. The Labute approximate surface area is 155 Å². The van der Waals surface area contributed by atoms with Gasteiger partial charge >= 0.3 is 0 Å². The number of aromatic nitrogens is 3. The maximum Gasteiger partial charge on any atom is 0.234 e. The Morgan fingerprint density at radius 3 is 2.64 bits per heavy atom. The molecule has 2 N–H and O–H groups in total. The Morgan fingerprint density at radius 1 is 1.20 bits per heavy atom. The van der Waals surface area contributed by atoms with Crippen LogP contribution >= 0.6 is 23.4 Å². The van der Waals surface area contributed by atoms with Crippen LogP contribution in [0.1, 0.15) is 11.1 Å². The average Bonchev–Trinajstić information content (AvgIpc) is 3.01. The molecular formula is C18H17ClN4OS. The number of H-pyrrole nitrogens is 1. The zero-order chi connectivity index (χ0) is 17.8. The number of nitrogens with one attached hydrogen (secondary N) is 2. The van der Waals surface area contributed by atoms with Gasteiger partial charge in [-0.25, -0.2) is 4.98 Å². The Morgan fingerprint density at radius 2 is 1.92 bits per heavy atom. The maximum absolute atomic E-state index is 12.1. The minimum absolute atomic E-state index is 0.0981. The second-order valence-corrected chi connectivity index (χ2v) is 7.01. The number of rotatable bonds is 5. The fraction of sp³-hybridized carbons (Fsp3) is 0.167. The summed E-state index contributed by atoms with van der Waals surface area (Å²) in [6.07, 6.45) is 0. The number of hydrogen-bond donors (Lipinski definition) is 2. The summed E-state index contributed by atoms with van der Waals surface area (Å²) >= 11 is 7.42. The highest BCUT2D eigenvalue weighted by Gasteiger charge is 2.11.